The van der Waals surface area contributed by atoms with Gasteiger partial charge in [0.15, 0.2) is 0 Å². The van der Waals surface area contributed by atoms with Crippen molar-refractivity contribution < 1.29 is 0 Å². The molecule has 11 aromatic rings. The van der Waals surface area contributed by atoms with Crippen molar-refractivity contribution in [1.29, 1.82) is 0 Å². The molecule has 0 aliphatic carbocycles. The summed E-state index contributed by atoms with van der Waals surface area (Å²) in [6.45, 7) is 0. The van der Waals surface area contributed by atoms with Gasteiger partial charge < -0.3 is 0 Å². The van der Waals surface area contributed by atoms with Crippen LogP contribution in [0.25, 0.3) is 104 Å². The van der Waals surface area contributed by atoms with Gasteiger partial charge in [-0.1, -0.05) is 170 Å². The molecule has 0 bridgehead atoms. The predicted octanol–water partition coefficient (Wildman–Crippen LogP) is 15.4. The van der Waals surface area contributed by atoms with Crippen molar-refractivity contribution in [3.63, 3.8) is 0 Å². The van der Waals surface area contributed by atoms with Gasteiger partial charge in [-0.2, -0.15) is 0 Å². The second-order valence-electron chi connectivity index (χ2n) is 14.8. The Kier molecular flexibility index (Phi) is 8.38. The lowest BCUT2D eigenvalue weighted by atomic mass is 9.94. The summed E-state index contributed by atoms with van der Waals surface area (Å²) in [7, 11) is 0. The van der Waals surface area contributed by atoms with Crippen LogP contribution < -0.4 is 0 Å². The maximum atomic E-state index is 5.14. The summed E-state index contributed by atoms with van der Waals surface area (Å²) in [5, 5.41) is 2.55. The zero-order chi connectivity index (χ0) is 38.4. The van der Waals surface area contributed by atoms with Crippen LogP contribution in [0.4, 0.5) is 0 Å². The quantitative estimate of drug-likeness (QED) is 0.158. The number of rotatable bonds is 7. The van der Waals surface area contributed by atoms with Crippen LogP contribution in [0.15, 0.2) is 218 Å². The summed E-state index contributed by atoms with van der Waals surface area (Å²) in [5.74, 6) is 0.933. The fraction of sp³-hybridized carbons (Fsp3) is 0. The molecule has 272 valence electrons. The minimum atomic E-state index is 0.933. The van der Waals surface area contributed by atoms with Gasteiger partial charge >= 0.3 is 0 Å². The van der Waals surface area contributed by atoms with Gasteiger partial charge in [-0.05, 0) is 98.6 Å². The van der Waals surface area contributed by atoms with Crippen molar-refractivity contribution in [3.05, 3.63) is 218 Å². The van der Waals surface area contributed by atoms with Crippen LogP contribution in [0.1, 0.15) is 0 Å². The Morgan fingerprint density at radius 2 is 0.810 bits per heavy atom. The Morgan fingerprint density at radius 3 is 1.45 bits per heavy atom. The molecular formula is C55H36N2S. The molecule has 0 atom stereocenters. The third-order valence-corrected chi connectivity index (χ3v) is 12.5. The zero-order valence-electron chi connectivity index (χ0n) is 31.6. The second-order valence-corrected chi connectivity index (χ2v) is 15.8. The van der Waals surface area contributed by atoms with Gasteiger partial charge in [0, 0.05) is 37.0 Å². The fourth-order valence-electron chi connectivity index (χ4n) is 8.27. The van der Waals surface area contributed by atoms with Crippen LogP contribution >= 0.6 is 11.3 Å². The van der Waals surface area contributed by atoms with Crippen LogP contribution in [0.5, 0.6) is 0 Å². The Hall–Kier alpha value is -7.33. The molecule has 2 aromatic heterocycles. The molecule has 9 aromatic carbocycles. The van der Waals surface area contributed by atoms with Gasteiger partial charge in [-0.25, -0.2) is 4.98 Å². The number of aromatic nitrogens is 2. The number of para-hydroxylation sites is 3. The number of thiophene rings is 1. The van der Waals surface area contributed by atoms with Crippen molar-refractivity contribution >= 4 is 42.5 Å². The van der Waals surface area contributed by atoms with Crippen LogP contribution in [0, 0.1) is 0 Å². The Labute approximate surface area is 341 Å². The van der Waals surface area contributed by atoms with Crippen LogP contribution in [0.3, 0.4) is 0 Å². The monoisotopic (exact) mass is 756 g/mol. The largest absolute Gasteiger partial charge is 0.292 e. The Morgan fingerprint density at radius 1 is 0.345 bits per heavy atom. The van der Waals surface area contributed by atoms with E-state index in [9.17, 15) is 0 Å². The first kappa shape index (κ1) is 34.0. The minimum Gasteiger partial charge on any atom is -0.292 e. The Balaban J connectivity index is 1.04. The lowest BCUT2D eigenvalue weighted by molar-refractivity contribution is 1.10. The lowest BCUT2D eigenvalue weighted by Crippen LogP contribution is -1.97. The summed E-state index contributed by atoms with van der Waals surface area (Å²) in [6, 6.07) is 78.8. The average Bonchev–Trinajstić information content (AvgIpc) is 3.88. The molecule has 0 radical (unpaired) electrons. The van der Waals surface area contributed by atoms with E-state index < -0.39 is 0 Å². The highest BCUT2D eigenvalue weighted by molar-refractivity contribution is 7.26. The second kappa shape index (κ2) is 14.3. The van der Waals surface area contributed by atoms with E-state index in [0.29, 0.717) is 0 Å². The molecule has 0 saturated heterocycles. The summed E-state index contributed by atoms with van der Waals surface area (Å²) in [5.41, 5.74) is 16.4. The predicted molar refractivity (Wildman–Crippen MR) is 247 cm³/mol. The first-order valence-corrected chi connectivity index (χ1v) is 20.5. The molecule has 58 heavy (non-hydrogen) atoms. The van der Waals surface area contributed by atoms with Crippen molar-refractivity contribution in [2.45, 2.75) is 0 Å². The van der Waals surface area contributed by atoms with Crippen molar-refractivity contribution in [2.75, 3.05) is 0 Å². The highest BCUT2D eigenvalue weighted by atomic mass is 32.1. The van der Waals surface area contributed by atoms with Gasteiger partial charge in [-0.15, -0.1) is 11.3 Å². The maximum absolute atomic E-state index is 5.14. The molecule has 3 heteroatoms. The normalized spacial score (nSPS) is 11.4. The topological polar surface area (TPSA) is 17.8 Å². The van der Waals surface area contributed by atoms with E-state index in [1.54, 1.807) is 0 Å². The first-order valence-electron chi connectivity index (χ1n) is 19.7. The number of hydrogen-bond donors (Lipinski definition) is 0. The van der Waals surface area contributed by atoms with Crippen molar-refractivity contribution in [3.8, 4) is 72.7 Å². The van der Waals surface area contributed by atoms with E-state index in [1.165, 1.54) is 75.8 Å². The van der Waals surface area contributed by atoms with Gasteiger partial charge in [-0.3, -0.25) is 4.57 Å². The maximum Gasteiger partial charge on any atom is 0.145 e. The number of fused-ring (bicyclic) bond motifs is 4. The van der Waals surface area contributed by atoms with E-state index in [-0.39, 0.29) is 0 Å². The molecule has 0 saturated carbocycles. The highest BCUT2D eigenvalue weighted by Crippen LogP contribution is 2.44. The highest BCUT2D eigenvalue weighted by Gasteiger charge is 2.18. The summed E-state index contributed by atoms with van der Waals surface area (Å²) >= 11 is 1.88. The number of hydrogen-bond acceptors (Lipinski definition) is 2. The van der Waals surface area contributed by atoms with Crippen LogP contribution in [-0.2, 0) is 0 Å². The van der Waals surface area contributed by atoms with E-state index >= 15 is 0 Å². The van der Waals surface area contributed by atoms with Gasteiger partial charge in [0.25, 0.3) is 0 Å². The van der Waals surface area contributed by atoms with Crippen molar-refractivity contribution in [1.82, 2.24) is 9.55 Å². The van der Waals surface area contributed by atoms with Crippen molar-refractivity contribution in [2.24, 2.45) is 0 Å². The third kappa shape index (κ3) is 6.10. The summed E-state index contributed by atoms with van der Waals surface area (Å²) in [4.78, 5) is 5.14. The Bertz CT molecular complexity index is 3220. The van der Waals surface area contributed by atoms with Gasteiger partial charge in [0.05, 0.1) is 11.0 Å². The van der Waals surface area contributed by atoms with E-state index in [2.05, 4.69) is 223 Å². The number of nitrogens with zero attached hydrogens (tertiary/aromatic N) is 2. The molecular weight excluding hydrogens is 721 g/mol. The number of benzene rings is 9. The molecule has 11 rings (SSSR count). The summed E-state index contributed by atoms with van der Waals surface area (Å²) < 4.78 is 4.84. The molecule has 0 aliphatic heterocycles. The van der Waals surface area contributed by atoms with E-state index in [4.69, 9.17) is 4.98 Å². The van der Waals surface area contributed by atoms with Gasteiger partial charge in [0.2, 0.25) is 0 Å². The summed E-state index contributed by atoms with van der Waals surface area (Å²) in [6.07, 6.45) is 0. The van der Waals surface area contributed by atoms with Crippen LogP contribution in [0.2, 0.25) is 0 Å². The zero-order valence-corrected chi connectivity index (χ0v) is 32.4. The fourth-order valence-corrected chi connectivity index (χ4v) is 9.47. The molecule has 0 unspecified atom stereocenters. The SMILES string of the molecule is c1ccc(-c2ccc(-c3ccc4sc5c(-c6ccc(-c7nc8ccccc8n7-c7ccccc7)cc6)cc(-c6ccc(-c7ccccc7)cc6)cc5c4c3)cc2)cc1. The molecule has 0 fully saturated rings. The van der Waals surface area contributed by atoms with Gasteiger partial charge in [0.1, 0.15) is 5.82 Å². The van der Waals surface area contributed by atoms with E-state index in [1.807, 2.05) is 11.3 Å². The molecule has 0 spiro atoms. The number of imidazole rings is 1. The third-order valence-electron chi connectivity index (χ3n) is 11.3. The first-order chi connectivity index (χ1) is 28.7. The average molecular weight is 757 g/mol. The molecule has 0 aliphatic rings. The van der Waals surface area contributed by atoms with E-state index in [0.717, 1.165) is 28.1 Å². The molecule has 0 amide bonds. The minimum absolute atomic E-state index is 0.933. The smallest absolute Gasteiger partial charge is 0.145 e. The molecule has 0 N–H and O–H groups in total. The van der Waals surface area contributed by atoms with Crippen LogP contribution in [-0.4, -0.2) is 9.55 Å². The molecule has 2 nitrogen and oxygen atoms in total. The lowest BCUT2D eigenvalue weighted by Gasteiger charge is -2.12. The standard InChI is InChI=1S/C55H36N2S/c1-4-12-37(13-5-1)39-20-24-41(25-21-39)45-32-33-53-49(34-45)50-36-46(42-26-22-40(23-27-42)38-14-6-2-7-15-38)35-48(54(50)58-53)43-28-30-44(31-29-43)55-56-51-18-10-11-19-52(51)57(55)47-16-8-3-9-17-47/h1-36H. The molecule has 2 heterocycles.